The van der Waals surface area contributed by atoms with Gasteiger partial charge in [0.15, 0.2) is 0 Å². The predicted octanol–water partition coefficient (Wildman–Crippen LogP) is 2.49. The first kappa shape index (κ1) is 13.0. The van der Waals surface area contributed by atoms with Crippen LogP contribution in [0.1, 0.15) is 13.3 Å². The lowest BCUT2D eigenvalue weighted by Gasteiger charge is -2.08. The van der Waals surface area contributed by atoms with Crippen molar-refractivity contribution in [3.05, 3.63) is 28.5 Å². The van der Waals surface area contributed by atoms with E-state index >= 15 is 0 Å². The third kappa shape index (κ3) is 4.18. The first-order chi connectivity index (χ1) is 7.63. The number of carbonyl (C=O) groups is 1. The molecule has 0 bridgehead atoms. The normalized spacial score (nSPS) is 9.94. The number of halogens is 2. The number of amides is 1. The Labute approximate surface area is 102 Å². The van der Waals surface area contributed by atoms with E-state index in [2.05, 4.69) is 21.2 Å². The zero-order valence-corrected chi connectivity index (χ0v) is 10.5. The Hall–Kier alpha value is -1.10. The number of rotatable bonds is 5. The minimum absolute atomic E-state index is 0.0741. The molecule has 0 aliphatic rings. The van der Waals surface area contributed by atoms with Gasteiger partial charge in [-0.25, -0.2) is 4.39 Å². The Bertz CT molecular complexity index is 371. The van der Waals surface area contributed by atoms with E-state index in [1.165, 1.54) is 12.1 Å². The van der Waals surface area contributed by atoms with Gasteiger partial charge in [-0.2, -0.15) is 0 Å². The Morgan fingerprint density at radius 2 is 2.31 bits per heavy atom. The van der Waals surface area contributed by atoms with Crippen LogP contribution in [0.15, 0.2) is 22.7 Å². The third-order valence-corrected chi connectivity index (χ3v) is 2.51. The molecule has 5 heteroatoms. The highest BCUT2D eigenvalue weighted by molar-refractivity contribution is 9.10. The molecule has 1 amide bonds. The SMILES string of the molecule is CCNC(=O)CCOc1cc(F)ccc1Br. The lowest BCUT2D eigenvalue weighted by molar-refractivity contribution is -0.121. The van der Waals surface area contributed by atoms with Crippen molar-refractivity contribution >= 4 is 21.8 Å². The average Bonchev–Trinajstić information content (AvgIpc) is 2.23. The Kier molecular flexibility index (Phi) is 5.25. The van der Waals surface area contributed by atoms with Gasteiger partial charge < -0.3 is 10.1 Å². The molecule has 0 aliphatic carbocycles. The van der Waals surface area contributed by atoms with E-state index in [0.717, 1.165) is 0 Å². The van der Waals surface area contributed by atoms with Crippen LogP contribution in [0.2, 0.25) is 0 Å². The molecule has 88 valence electrons. The van der Waals surface area contributed by atoms with Crippen LogP contribution >= 0.6 is 15.9 Å². The molecule has 0 saturated heterocycles. The largest absolute Gasteiger partial charge is 0.492 e. The fraction of sp³-hybridized carbons (Fsp3) is 0.364. The summed E-state index contributed by atoms with van der Waals surface area (Å²) >= 11 is 3.24. The number of carbonyl (C=O) groups excluding carboxylic acids is 1. The van der Waals surface area contributed by atoms with Gasteiger partial charge >= 0.3 is 0 Å². The van der Waals surface area contributed by atoms with Crippen molar-refractivity contribution in [3.8, 4) is 5.75 Å². The topological polar surface area (TPSA) is 38.3 Å². The Morgan fingerprint density at radius 1 is 1.56 bits per heavy atom. The number of hydrogen-bond donors (Lipinski definition) is 1. The summed E-state index contributed by atoms with van der Waals surface area (Å²) in [4.78, 5) is 11.1. The van der Waals surface area contributed by atoms with Gasteiger partial charge in [-0.3, -0.25) is 4.79 Å². The molecule has 16 heavy (non-hydrogen) atoms. The van der Waals surface area contributed by atoms with E-state index in [1.54, 1.807) is 6.07 Å². The molecule has 0 heterocycles. The fourth-order valence-electron chi connectivity index (χ4n) is 1.13. The van der Waals surface area contributed by atoms with Crippen LogP contribution in [-0.4, -0.2) is 19.1 Å². The zero-order valence-electron chi connectivity index (χ0n) is 8.93. The second-order valence-corrected chi connectivity index (χ2v) is 3.98. The highest BCUT2D eigenvalue weighted by Crippen LogP contribution is 2.25. The lowest BCUT2D eigenvalue weighted by atomic mass is 10.3. The molecule has 0 spiro atoms. The maximum absolute atomic E-state index is 12.9. The van der Waals surface area contributed by atoms with Crippen molar-refractivity contribution in [2.45, 2.75) is 13.3 Å². The first-order valence-corrected chi connectivity index (χ1v) is 5.77. The van der Waals surface area contributed by atoms with Crippen LogP contribution in [0.5, 0.6) is 5.75 Å². The summed E-state index contributed by atoms with van der Waals surface area (Å²) < 4.78 is 18.8. The van der Waals surface area contributed by atoms with Gasteiger partial charge in [-0.05, 0) is 35.0 Å². The van der Waals surface area contributed by atoms with E-state index < -0.39 is 0 Å². The molecule has 0 fully saturated rings. The second-order valence-electron chi connectivity index (χ2n) is 3.13. The summed E-state index contributed by atoms with van der Waals surface area (Å²) in [5.74, 6) is -0.0319. The maximum atomic E-state index is 12.9. The molecule has 1 aromatic carbocycles. The van der Waals surface area contributed by atoms with Crippen LogP contribution in [0.4, 0.5) is 4.39 Å². The quantitative estimate of drug-likeness (QED) is 0.904. The molecule has 1 N–H and O–H groups in total. The molecular weight excluding hydrogens is 277 g/mol. The van der Waals surface area contributed by atoms with E-state index in [9.17, 15) is 9.18 Å². The monoisotopic (exact) mass is 289 g/mol. The summed E-state index contributed by atoms with van der Waals surface area (Å²) in [5, 5.41) is 2.65. The van der Waals surface area contributed by atoms with E-state index in [1.807, 2.05) is 6.92 Å². The number of hydrogen-bond acceptors (Lipinski definition) is 2. The van der Waals surface area contributed by atoms with Gasteiger partial charge in [0, 0.05) is 12.6 Å². The molecule has 3 nitrogen and oxygen atoms in total. The van der Waals surface area contributed by atoms with Gasteiger partial charge in [0.05, 0.1) is 17.5 Å². The highest BCUT2D eigenvalue weighted by atomic mass is 79.9. The maximum Gasteiger partial charge on any atom is 0.223 e. The van der Waals surface area contributed by atoms with Crippen molar-refractivity contribution in [2.24, 2.45) is 0 Å². The second kappa shape index (κ2) is 6.48. The van der Waals surface area contributed by atoms with Crippen LogP contribution in [-0.2, 0) is 4.79 Å². The summed E-state index contributed by atoms with van der Waals surface area (Å²) in [5.41, 5.74) is 0. The minimum Gasteiger partial charge on any atom is -0.492 e. The van der Waals surface area contributed by atoms with Crippen molar-refractivity contribution in [1.29, 1.82) is 0 Å². The molecule has 0 aliphatic heterocycles. The standard InChI is InChI=1S/C11H13BrFNO2/c1-2-14-11(15)5-6-16-10-7-8(13)3-4-9(10)12/h3-4,7H,2,5-6H2,1H3,(H,14,15). The van der Waals surface area contributed by atoms with Gasteiger partial charge in [0.2, 0.25) is 5.91 Å². The molecule has 0 radical (unpaired) electrons. The molecular formula is C11H13BrFNO2. The summed E-state index contributed by atoms with van der Waals surface area (Å²) in [6.07, 6.45) is 0.261. The van der Waals surface area contributed by atoms with E-state index in [-0.39, 0.29) is 24.8 Å². The first-order valence-electron chi connectivity index (χ1n) is 4.98. The van der Waals surface area contributed by atoms with E-state index in [0.29, 0.717) is 16.8 Å². The fourth-order valence-corrected chi connectivity index (χ4v) is 1.49. The number of ether oxygens (including phenoxy) is 1. The zero-order chi connectivity index (χ0) is 12.0. The van der Waals surface area contributed by atoms with E-state index in [4.69, 9.17) is 4.74 Å². The van der Waals surface area contributed by atoms with Gasteiger partial charge in [-0.1, -0.05) is 0 Å². The molecule has 1 rings (SSSR count). The van der Waals surface area contributed by atoms with Gasteiger partial charge in [-0.15, -0.1) is 0 Å². The van der Waals surface area contributed by atoms with Crippen LogP contribution in [0, 0.1) is 5.82 Å². The summed E-state index contributed by atoms with van der Waals surface area (Å²) in [6.45, 7) is 2.68. The number of nitrogens with one attached hydrogen (secondary N) is 1. The van der Waals surface area contributed by atoms with Crippen molar-refractivity contribution < 1.29 is 13.9 Å². The lowest BCUT2D eigenvalue weighted by Crippen LogP contribution is -2.24. The van der Waals surface area contributed by atoms with Crippen molar-refractivity contribution in [2.75, 3.05) is 13.2 Å². The Balaban J connectivity index is 2.42. The average molecular weight is 290 g/mol. The molecule has 1 aromatic rings. The van der Waals surface area contributed by atoms with Crippen LogP contribution in [0.25, 0.3) is 0 Å². The highest BCUT2D eigenvalue weighted by Gasteiger charge is 2.04. The van der Waals surface area contributed by atoms with Gasteiger partial charge in [0.25, 0.3) is 0 Å². The molecule has 0 aromatic heterocycles. The third-order valence-electron chi connectivity index (χ3n) is 1.85. The molecule has 0 saturated carbocycles. The predicted molar refractivity (Wildman–Crippen MR) is 62.9 cm³/mol. The smallest absolute Gasteiger partial charge is 0.223 e. The van der Waals surface area contributed by atoms with Crippen molar-refractivity contribution in [1.82, 2.24) is 5.32 Å². The van der Waals surface area contributed by atoms with Crippen LogP contribution < -0.4 is 10.1 Å². The molecule has 0 atom stereocenters. The van der Waals surface area contributed by atoms with Crippen molar-refractivity contribution in [3.63, 3.8) is 0 Å². The van der Waals surface area contributed by atoms with Gasteiger partial charge in [0.1, 0.15) is 11.6 Å². The number of benzene rings is 1. The Morgan fingerprint density at radius 3 is 3.00 bits per heavy atom. The summed E-state index contributed by atoms with van der Waals surface area (Å²) in [6, 6.07) is 4.18. The minimum atomic E-state index is -0.365. The molecule has 0 unspecified atom stereocenters. The summed E-state index contributed by atoms with van der Waals surface area (Å²) in [7, 11) is 0. The van der Waals surface area contributed by atoms with Crippen LogP contribution in [0.3, 0.4) is 0 Å².